The standard InChI is InChI=1S/C18H29N2O8P/c1-3-26-29(24,27-4-2)28-15-10-8-14(9-11-15)13-25-18(23)20-12-6-5-7-16(19)17(21)22/h8-11,16H,3-7,12-13,19H2,1-2H3,(H,20,23)(H,21,22). The molecule has 1 amide bonds. The highest BCUT2D eigenvalue weighted by atomic mass is 31.2. The second-order valence-electron chi connectivity index (χ2n) is 5.96. The first-order valence-electron chi connectivity index (χ1n) is 9.36. The maximum atomic E-state index is 12.3. The van der Waals surface area contributed by atoms with E-state index in [4.69, 9.17) is 29.1 Å². The van der Waals surface area contributed by atoms with Crippen LogP contribution in [0.25, 0.3) is 0 Å². The molecule has 29 heavy (non-hydrogen) atoms. The summed E-state index contributed by atoms with van der Waals surface area (Å²) in [7, 11) is -3.65. The maximum Gasteiger partial charge on any atom is 0.530 e. The predicted molar refractivity (Wildman–Crippen MR) is 106 cm³/mol. The van der Waals surface area contributed by atoms with Crippen molar-refractivity contribution in [2.24, 2.45) is 5.73 Å². The van der Waals surface area contributed by atoms with Crippen LogP contribution in [0.2, 0.25) is 0 Å². The van der Waals surface area contributed by atoms with E-state index in [2.05, 4.69) is 5.32 Å². The number of carbonyl (C=O) groups is 2. The number of nitrogens with one attached hydrogen (secondary N) is 1. The molecule has 0 saturated heterocycles. The van der Waals surface area contributed by atoms with Crippen LogP contribution in [-0.4, -0.2) is 43.0 Å². The van der Waals surface area contributed by atoms with Crippen molar-refractivity contribution in [3.63, 3.8) is 0 Å². The summed E-state index contributed by atoms with van der Waals surface area (Å²) in [6.07, 6.45) is 0.953. The minimum Gasteiger partial charge on any atom is -0.480 e. The third kappa shape index (κ3) is 10.3. The molecular weight excluding hydrogens is 403 g/mol. The van der Waals surface area contributed by atoms with E-state index in [-0.39, 0.29) is 19.8 Å². The van der Waals surface area contributed by atoms with Crippen LogP contribution in [0.4, 0.5) is 4.79 Å². The Morgan fingerprint density at radius 3 is 2.31 bits per heavy atom. The largest absolute Gasteiger partial charge is 0.530 e. The van der Waals surface area contributed by atoms with Crippen molar-refractivity contribution in [2.75, 3.05) is 19.8 Å². The Labute approximate surface area is 170 Å². The molecule has 4 N–H and O–H groups in total. The molecule has 0 saturated carbocycles. The molecular formula is C18H29N2O8P. The average molecular weight is 432 g/mol. The van der Waals surface area contributed by atoms with Crippen LogP contribution in [0.5, 0.6) is 5.75 Å². The van der Waals surface area contributed by atoms with Gasteiger partial charge in [-0.3, -0.25) is 13.8 Å². The molecule has 0 bridgehead atoms. The summed E-state index contributed by atoms with van der Waals surface area (Å²) < 4.78 is 32.9. The fourth-order valence-electron chi connectivity index (χ4n) is 2.18. The van der Waals surface area contributed by atoms with Gasteiger partial charge in [0, 0.05) is 6.54 Å². The Balaban J connectivity index is 2.33. The molecule has 0 aliphatic carbocycles. The molecule has 11 heteroatoms. The van der Waals surface area contributed by atoms with Crippen molar-refractivity contribution in [1.29, 1.82) is 0 Å². The molecule has 0 spiro atoms. The number of unbranched alkanes of at least 4 members (excludes halogenated alkanes) is 1. The highest BCUT2D eigenvalue weighted by Crippen LogP contribution is 2.49. The molecule has 0 heterocycles. The summed E-state index contributed by atoms with van der Waals surface area (Å²) in [6.45, 7) is 4.15. The second kappa shape index (κ2) is 13.2. The average Bonchev–Trinajstić information content (AvgIpc) is 2.67. The van der Waals surface area contributed by atoms with Crippen LogP contribution < -0.4 is 15.6 Å². The van der Waals surface area contributed by atoms with E-state index in [0.717, 1.165) is 0 Å². The Morgan fingerprint density at radius 1 is 1.14 bits per heavy atom. The number of phosphoric ester groups is 1. The van der Waals surface area contributed by atoms with E-state index in [0.29, 0.717) is 37.1 Å². The van der Waals surface area contributed by atoms with E-state index in [9.17, 15) is 14.2 Å². The summed E-state index contributed by atoms with van der Waals surface area (Å²) in [5.41, 5.74) is 6.11. The van der Waals surface area contributed by atoms with Gasteiger partial charge in [0.25, 0.3) is 0 Å². The van der Waals surface area contributed by atoms with Crippen molar-refractivity contribution >= 4 is 19.9 Å². The van der Waals surface area contributed by atoms with Gasteiger partial charge in [-0.05, 0) is 50.8 Å². The van der Waals surface area contributed by atoms with Crippen molar-refractivity contribution < 1.29 is 37.6 Å². The van der Waals surface area contributed by atoms with E-state index in [1.54, 1.807) is 38.1 Å². The second-order valence-corrected chi connectivity index (χ2v) is 7.55. The van der Waals surface area contributed by atoms with E-state index in [1.807, 2.05) is 0 Å². The van der Waals surface area contributed by atoms with E-state index < -0.39 is 25.9 Å². The van der Waals surface area contributed by atoms with Gasteiger partial charge in [-0.1, -0.05) is 12.1 Å². The van der Waals surface area contributed by atoms with Gasteiger partial charge < -0.3 is 25.4 Å². The lowest BCUT2D eigenvalue weighted by Gasteiger charge is -2.17. The smallest absolute Gasteiger partial charge is 0.480 e. The lowest BCUT2D eigenvalue weighted by molar-refractivity contribution is -0.138. The zero-order valence-electron chi connectivity index (χ0n) is 16.7. The molecule has 0 fully saturated rings. The number of ether oxygens (including phenoxy) is 1. The molecule has 0 aliphatic rings. The fraction of sp³-hybridized carbons (Fsp3) is 0.556. The zero-order chi connectivity index (χ0) is 21.7. The van der Waals surface area contributed by atoms with E-state index in [1.165, 1.54) is 0 Å². The first-order chi connectivity index (χ1) is 13.8. The number of nitrogens with two attached hydrogens (primary N) is 1. The topological polar surface area (TPSA) is 146 Å². The highest BCUT2D eigenvalue weighted by Gasteiger charge is 2.27. The quantitative estimate of drug-likeness (QED) is 0.298. The Hall–Kier alpha value is -2.13. The van der Waals surface area contributed by atoms with Gasteiger partial charge in [0.1, 0.15) is 18.4 Å². The first-order valence-corrected chi connectivity index (χ1v) is 10.8. The minimum absolute atomic E-state index is 0.0462. The maximum absolute atomic E-state index is 12.3. The predicted octanol–water partition coefficient (Wildman–Crippen LogP) is 3.05. The van der Waals surface area contributed by atoms with Crippen LogP contribution in [0.1, 0.15) is 38.7 Å². The summed E-state index contributed by atoms with van der Waals surface area (Å²) in [4.78, 5) is 22.3. The first kappa shape index (κ1) is 24.9. The molecule has 1 aromatic carbocycles. The van der Waals surface area contributed by atoms with Gasteiger partial charge in [0.2, 0.25) is 0 Å². The van der Waals surface area contributed by atoms with Gasteiger partial charge >= 0.3 is 19.9 Å². The summed E-state index contributed by atoms with van der Waals surface area (Å²) in [5, 5.41) is 11.3. The van der Waals surface area contributed by atoms with Crippen molar-refractivity contribution in [3.05, 3.63) is 29.8 Å². The zero-order valence-corrected chi connectivity index (χ0v) is 17.6. The summed E-state index contributed by atoms with van der Waals surface area (Å²) in [5.74, 6) is -0.726. The van der Waals surface area contributed by atoms with Crippen LogP contribution in [0.15, 0.2) is 24.3 Å². The van der Waals surface area contributed by atoms with Gasteiger partial charge in [-0.2, -0.15) is 0 Å². The van der Waals surface area contributed by atoms with Gasteiger partial charge in [-0.15, -0.1) is 0 Å². The van der Waals surface area contributed by atoms with Crippen LogP contribution in [0, 0.1) is 0 Å². The molecule has 1 atom stereocenters. The van der Waals surface area contributed by atoms with Crippen LogP contribution in [0.3, 0.4) is 0 Å². The van der Waals surface area contributed by atoms with Crippen molar-refractivity contribution in [3.8, 4) is 5.75 Å². The van der Waals surface area contributed by atoms with Crippen molar-refractivity contribution in [1.82, 2.24) is 5.32 Å². The number of alkyl carbamates (subject to hydrolysis) is 1. The minimum atomic E-state index is -3.65. The third-order valence-electron chi connectivity index (χ3n) is 3.61. The number of hydrogen-bond acceptors (Lipinski definition) is 8. The van der Waals surface area contributed by atoms with Crippen LogP contribution in [-0.2, 0) is 29.8 Å². The molecule has 10 nitrogen and oxygen atoms in total. The summed E-state index contributed by atoms with van der Waals surface area (Å²) in [6, 6.07) is 5.60. The lowest BCUT2D eigenvalue weighted by atomic mass is 10.1. The Bertz CT molecular complexity index is 673. The SMILES string of the molecule is CCOP(=O)(OCC)Oc1ccc(COC(=O)NCCCCC(N)C(=O)O)cc1. The lowest BCUT2D eigenvalue weighted by Crippen LogP contribution is -2.30. The molecule has 1 rings (SSSR count). The number of carboxylic acids is 1. The van der Waals surface area contributed by atoms with E-state index >= 15 is 0 Å². The number of benzene rings is 1. The Kier molecular flexibility index (Phi) is 11.3. The molecule has 0 aliphatic heterocycles. The molecule has 164 valence electrons. The van der Waals surface area contributed by atoms with Crippen molar-refractivity contribution in [2.45, 2.75) is 45.8 Å². The number of phosphoric acid groups is 1. The van der Waals surface area contributed by atoms with Gasteiger partial charge in [0.15, 0.2) is 0 Å². The fourth-order valence-corrected chi connectivity index (χ4v) is 3.38. The number of aliphatic carboxylic acids is 1. The monoisotopic (exact) mass is 432 g/mol. The number of rotatable bonds is 14. The third-order valence-corrected chi connectivity index (χ3v) is 5.20. The van der Waals surface area contributed by atoms with Crippen LogP contribution >= 0.6 is 7.82 Å². The molecule has 0 radical (unpaired) electrons. The Morgan fingerprint density at radius 2 is 1.76 bits per heavy atom. The number of carboxylic acid groups (broad SMARTS) is 1. The number of hydrogen-bond donors (Lipinski definition) is 3. The molecule has 1 aromatic rings. The highest BCUT2D eigenvalue weighted by molar-refractivity contribution is 7.48. The molecule has 0 aromatic heterocycles. The summed E-state index contributed by atoms with van der Waals surface area (Å²) >= 11 is 0. The van der Waals surface area contributed by atoms with Gasteiger partial charge in [-0.25, -0.2) is 9.36 Å². The number of amides is 1. The molecule has 1 unspecified atom stereocenters. The number of carbonyl (C=O) groups excluding carboxylic acids is 1. The normalized spacial score (nSPS) is 12.2. The van der Waals surface area contributed by atoms with Gasteiger partial charge in [0.05, 0.1) is 13.2 Å².